The topological polar surface area (TPSA) is 67.6 Å². The Morgan fingerprint density at radius 1 is 0.733 bits per heavy atom. The van der Waals surface area contributed by atoms with Gasteiger partial charge in [0.25, 0.3) is 0 Å². The quantitative estimate of drug-likeness (QED) is 0.146. The normalized spacial score (nSPS) is 19.9. The molecular weight excluding hydrogens is 583 g/mol. The maximum Gasteiger partial charge on any atom is 0.194 e. The molecule has 1 aliphatic rings. The van der Waals surface area contributed by atoms with Crippen LogP contribution in [0, 0.1) is 17.5 Å². The molecule has 1 fully saturated rings. The van der Waals surface area contributed by atoms with Crippen LogP contribution in [0.5, 0.6) is 0 Å². The molecule has 0 saturated carbocycles. The summed E-state index contributed by atoms with van der Waals surface area (Å²) in [7, 11) is 0. The summed E-state index contributed by atoms with van der Waals surface area (Å²) in [5, 5.41) is 8.52. The van der Waals surface area contributed by atoms with Crippen LogP contribution in [0.15, 0.2) is 109 Å². The van der Waals surface area contributed by atoms with E-state index in [-0.39, 0.29) is 31.1 Å². The first-order valence-electron chi connectivity index (χ1n) is 14.7. The summed E-state index contributed by atoms with van der Waals surface area (Å²) in [5.41, 5.74) is 3.18. The van der Waals surface area contributed by atoms with Crippen molar-refractivity contribution < 1.29 is 32.1 Å². The van der Waals surface area contributed by atoms with Crippen LogP contribution in [0.2, 0.25) is 0 Å². The molecule has 0 aliphatic carbocycles. The molecule has 0 N–H and O–H groups in total. The third kappa shape index (κ3) is 7.66. The van der Waals surface area contributed by atoms with Gasteiger partial charge in [0.2, 0.25) is 0 Å². The molecular formula is C35H32F3N3O4. The Morgan fingerprint density at radius 3 is 1.89 bits per heavy atom. The fraction of sp³-hybridized carbons (Fsp3) is 0.257. The van der Waals surface area contributed by atoms with Gasteiger partial charge in [0, 0.05) is 5.56 Å². The van der Waals surface area contributed by atoms with E-state index in [0.717, 1.165) is 28.8 Å². The van der Waals surface area contributed by atoms with Gasteiger partial charge in [-0.25, -0.2) is 17.9 Å². The number of rotatable bonds is 12. The zero-order valence-electron chi connectivity index (χ0n) is 24.3. The molecule has 0 amide bonds. The molecule has 45 heavy (non-hydrogen) atoms. The Morgan fingerprint density at radius 2 is 1.29 bits per heavy atom. The lowest BCUT2D eigenvalue weighted by atomic mass is 9.96. The second kappa shape index (κ2) is 14.6. The molecule has 4 atom stereocenters. The minimum atomic E-state index is -1.54. The van der Waals surface area contributed by atoms with Crippen molar-refractivity contribution in [3.63, 3.8) is 0 Å². The van der Waals surface area contributed by atoms with Gasteiger partial charge in [0.1, 0.15) is 30.0 Å². The lowest BCUT2D eigenvalue weighted by molar-refractivity contribution is -0.208. The summed E-state index contributed by atoms with van der Waals surface area (Å²) < 4.78 is 68.8. The van der Waals surface area contributed by atoms with Crippen molar-refractivity contribution in [2.24, 2.45) is 0 Å². The highest BCUT2D eigenvalue weighted by molar-refractivity contribution is 5.58. The van der Waals surface area contributed by atoms with E-state index >= 15 is 0 Å². The molecule has 1 saturated heterocycles. The molecule has 4 aromatic carbocycles. The summed E-state index contributed by atoms with van der Waals surface area (Å²) in [5.74, 6) is -4.17. The first-order chi connectivity index (χ1) is 22.0. The van der Waals surface area contributed by atoms with E-state index in [9.17, 15) is 13.2 Å². The summed E-state index contributed by atoms with van der Waals surface area (Å²) in [4.78, 5) is 0. The van der Waals surface area contributed by atoms with Crippen molar-refractivity contribution in [3.8, 4) is 11.3 Å². The number of nitrogens with zero attached hydrogens (tertiary/aromatic N) is 3. The monoisotopic (exact) mass is 615 g/mol. The SMILES string of the molecule is Fc1cc(-c2cn(C3C(OCc4ccccc4)COC(COCc4ccccc4)[C@@H]3OCc3ccccc3)nn2)cc(F)c1F. The Balaban J connectivity index is 1.30. The Hall–Kier alpha value is -4.35. The number of hydrogen-bond acceptors (Lipinski definition) is 6. The van der Waals surface area contributed by atoms with Crippen molar-refractivity contribution >= 4 is 0 Å². The van der Waals surface area contributed by atoms with Crippen LogP contribution < -0.4 is 0 Å². The zero-order chi connectivity index (χ0) is 31.0. The molecule has 5 aromatic rings. The fourth-order valence-corrected chi connectivity index (χ4v) is 5.33. The average molecular weight is 616 g/mol. The van der Waals surface area contributed by atoms with Crippen molar-refractivity contribution in [1.29, 1.82) is 0 Å². The van der Waals surface area contributed by atoms with Crippen LogP contribution >= 0.6 is 0 Å². The van der Waals surface area contributed by atoms with E-state index in [1.807, 2.05) is 91.0 Å². The van der Waals surface area contributed by atoms with Crippen LogP contribution in [-0.2, 0) is 38.8 Å². The highest BCUT2D eigenvalue weighted by Gasteiger charge is 2.44. The zero-order valence-corrected chi connectivity index (χ0v) is 24.3. The molecule has 1 aliphatic heterocycles. The van der Waals surface area contributed by atoms with Gasteiger partial charge in [-0.15, -0.1) is 5.10 Å². The summed E-state index contributed by atoms with van der Waals surface area (Å²) in [6.07, 6.45) is -0.103. The maximum atomic E-state index is 14.1. The van der Waals surface area contributed by atoms with Gasteiger partial charge in [-0.1, -0.05) is 96.2 Å². The van der Waals surface area contributed by atoms with Gasteiger partial charge >= 0.3 is 0 Å². The highest BCUT2D eigenvalue weighted by atomic mass is 19.2. The molecule has 232 valence electrons. The number of ether oxygens (including phenoxy) is 4. The third-order valence-electron chi connectivity index (χ3n) is 7.64. The van der Waals surface area contributed by atoms with Crippen LogP contribution in [-0.4, -0.2) is 46.5 Å². The lowest BCUT2D eigenvalue weighted by Crippen LogP contribution is -2.53. The van der Waals surface area contributed by atoms with Crippen molar-refractivity contribution in [2.45, 2.75) is 44.2 Å². The van der Waals surface area contributed by atoms with Gasteiger partial charge < -0.3 is 18.9 Å². The molecule has 3 unspecified atom stereocenters. The Kier molecular flexibility index (Phi) is 9.96. The molecule has 7 nitrogen and oxygen atoms in total. The Bertz CT molecular complexity index is 1630. The minimum Gasteiger partial charge on any atom is -0.374 e. The van der Waals surface area contributed by atoms with Crippen LogP contribution in [0.3, 0.4) is 0 Å². The standard InChI is InChI=1S/C35H32F3N3O4/c36-28-16-27(17-29(37)33(28)38)30-18-41(40-39-30)34-31(43-20-25-12-6-2-7-13-25)23-44-32(22-42-19-24-10-4-1-5-11-24)35(34)45-21-26-14-8-3-9-15-26/h1-18,31-32,34-35H,19-23H2/t31?,32?,34?,35-/m0/s1. The van der Waals surface area contributed by atoms with Crippen molar-refractivity contribution in [2.75, 3.05) is 13.2 Å². The van der Waals surface area contributed by atoms with Crippen LogP contribution in [0.4, 0.5) is 13.2 Å². The predicted molar refractivity (Wildman–Crippen MR) is 160 cm³/mol. The predicted octanol–water partition coefficient (Wildman–Crippen LogP) is 6.69. The van der Waals surface area contributed by atoms with E-state index < -0.39 is 41.8 Å². The van der Waals surface area contributed by atoms with E-state index in [4.69, 9.17) is 18.9 Å². The molecule has 6 rings (SSSR count). The fourth-order valence-electron chi connectivity index (χ4n) is 5.33. The second-order valence-corrected chi connectivity index (χ2v) is 10.8. The van der Waals surface area contributed by atoms with Crippen LogP contribution in [0.1, 0.15) is 22.7 Å². The number of hydrogen-bond donors (Lipinski definition) is 0. The molecule has 0 spiro atoms. The third-order valence-corrected chi connectivity index (χ3v) is 7.64. The van der Waals surface area contributed by atoms with E-state index in [1.165, 1.54) is 0 Å². The van der Waals surface area contributed by atoms with Gasteiger partial charge in [-0.3, -0.25) is 0 Å². The number of benzene rings is 4. The largest absolute Gasteiger partial charge is 0.374 e. The average Bonchev–Trinajstić information content (AvgIpc) is 3.57. The minimum absolute atomic E-state index is 0.0518. The first kappa shape index (κ1) is 30.7. The summed E-state index contributed by atoms with van der Waals surface area (Å²) >= 11 is 0. The van der Waals surface area contributed by atoms with Crippen molar-refractivity contribution in [1.82, 2.24) is 15.0 Å². The van der Waals surface area contributed by atoms with E-state index in [2.05, 4.69) is 10.3 Å². The maximum absolute atomic E-state index is 14.1. The highest BCUT2D eigenvalue weighted by Crippen LogP contribution is 2.33. The van der Waals surface area contributed by atoms with Gasteiger partial charge in [0.15, 0.2) is 17.5 Å². The second-order valence-electron chi connectivity index (χ2n) is 10.8. The van der Waals surface area contributed by atoms with E-state index in [0.29, 0.717) is 13.2 Å². The van der Waals surface area contributed by atoms with Gasteiger partial charge in [-0.05, 0) is 28.8 Å². The Labute approximate surface area is 259 Å². The van der Waals surface area contributed by atoms with Gasteiger partial charge in [-0.2, -0.15) is 0 Å². The number of halogens is 3. The summed E-state index contributed by atoms with van der Waals surface area (Å²) in [6, 6.07) is 30.5. The molecule has 10 heteroatoms. The van der Waals surface area contributed by atoms with E-state index in [1.54, 1.807) is 10.9 Å². The lowest BCUT2D eigenvalue weighted by Gasteiger charge is -2.42. The number of aromatic nitrogens is 3. The first-order valence-corrected chi connectivity index (χ1v) is 14.7. The summed E-state index contributed by atoms with van der Waals surface area (Å²) in [6.45, 7) is 1.41. The smallest absolute Gasteiger partial charge is 0.194 e. The molecule has 1 aromatic heterocycles. The van der Waals surface area contributed by atoms with Crippen molar-refractivity contribution in [3.05, 3.63) is 143 Å². The molecule has 0 bridgehead atoms. The molecule has 2 heterocycles. The van der Waals surface area contributed by atoms with Gasteiger partial charge in [0.05, 0.1) is 39.2 Å². The molecule has 0 radical (unpaired) electrons. The van der Waals surface area contributed by atoms with Crippen LogP contribution in [0.25, 0.3) is 11.3 Å².